The van der Waals surface area contributed by atoms with Crippen molar-refractivity contribution in [1.82, 2.24) is 15.1 Å². The summed E-state index contributed by atoms with van der Waals surface area (Å²) >= 11 is 0. The molecule has 0 radical (unpaired) electrons. The third-order valence-corrected chi connectivity index (χ3v) is 3.08. The smallest absolute Gasteiger partial charge is 0.274 e. The zero-order chi connectivity index (χ0) is 11.5. The Hall–Kier alpha value is -1.32. The second kappa shape index (κ2) is 4.68. The lowest BCUT2D eigenvalue weighted by molar-refractivity contribution is 0.0718. The molecule has 1 N–H and O–H groups in total. The van der Waals surface area contributed by atoms with Crippen molar-refractivity contribution < 1.29 is 4.79 Å². The number of carbonyl (C=O) groups excluding carboxylic acids is 1. The van der Waals surface area contributed by atoms with Crippen LogP contribution in [-0.2, 0) is 0 Å². The van der Waals surface area contributed by atoms with E-state index in [1.807, 2.05) is 11.0 Å². The van der Waals surface area contributed by atoms with Crippen molar-refractivity contribution in [2.75, 3.05) is 13.1 Å². The molecule has 1 aliphatic heterocycles. The van der Waals surface area contributed by atoms with Gasteiger partial charge in [0.05, 0.1) is 0 Å². The number of hydrogen-bond acceptors (Lipinski definition) is 2. The van der Waals surface area contributed by atoms with Crippen molar-refractivity contribution in [2.24, 2.45) is 0 Å². The van der Waals surface area contributed by atoms with Gasteiger partial charge in [-0.3, -0.25) is 9.89 Å². The van der Waals surface area contributed by atoms with Gasteiger partial charge in [0, 0.05) is 18.8 Å². The number of likely N-dealkylation sites (tertiary alicyclic amines) is 1. The number of H-pyrrole nitrogens is 1. The number of piperidine rings is 1. The summed E-state index contributed by atoms with van der Waals surface area (Å²) in [5, 5.41) is 7.02. The summed E-state index contributed by atoms with van der Waals surface area (Å²) in [6.45, 7) is 5.93. The molecule has 1 aromatic rings. The summed E-state index contributed by atoms with van der Waals surface area (Å²) in [6, 6.07) is 1.88. The van der Waals surface area contributed by atoms with Crippen LogP contribution in [0.15, 0.2) is 6.07 Å². The van der Waals surface area contributed by atoms with Gasteiger partial charge in [0.25, 0.3) is 5.91 Å². The first kappa shape index (κ1) is 11.2. The van der Waals surface area contributed by atoms with Crippen molar-refractivity contribution in [2.45, 2.75) is 39.0 Å². The van der Waals surface area contributed by atoms with E-state index in [0.717, 1.165) is 31.6 Å². The normalized spacial score (nSPS) is 16.8. The predicted molar refractivity (Wildman–Crippen MR) is 62.4 cm³/mol. The van der Waals surface area contributed by atoms with Gasteiger partial charge in [-0.25, -0.2) is 0 Å². The van der Waals surface area contributed by atoms with Crippen LogP contribution in [0.3, 0.4) is 0 Å². The maximum absolute atomic E-state index is 12.1. The fourth-order valence-electron chi connectivity index (χ4n) is 2.00. The van der Waals surface area contributed by atoms with Crippen LogP contribution < -0.4 is 0 Å². The van der Waals surface area contributed by atoms with Crippen molar-refractivity contribution in [1.29, 1.82) is 0 Å². The Balaban J connectivity index is 2.07. The summed E-state index contributed by atoms with van der Waals surface area (Å²) in [5.74, 6) is 0.457. The van der Waals surface area contributed by atoms with Crippen molar-refractivity contribution in [3.8, 4) is 0 Å². The van der Waals surface area contributed by atoms with Crippen LogP contribution >= 0.6 is 0 Å². The molecule has 2 heterocycles. The molecular formula is C12H19N3O. The Kier molecular flexibility index (Phi) is 3.27. The lowest BCUT2D eigenvalue weighted by Gasteiger charge is -2.25. The number of amides is 1. The second-order valence-electron chi connectivity index (χ2n) is 4.72. The zero-order valence-electron chi connectivity index (χ0n) is 9.99. The van der Waals surface area contributed by atoms with E-state index in [0.29, 0.717) is 11.6 Å². The molecule has 0 unspecified atom stereocenters. The second-order valence-corrected chi connectivity index (χ2v) is 4.72. The van der Waals surface area contributed by atoms with Crippen LogP contribution in [0.5, 0.6) is 0 Å². The van der Waals surface area contributed by atoms with Crippen LogP contribution in [0.1, 0.15) is 55.2 Å². The lowest BCUT2D eigenvalue weighted by atomic mass is 10.1. The minimum absolute atomic E-state index is 0.0721. The average Bonchev–Trinajstić information content (AvgIpc) is 2.78. The molecule has 0 spiro atoms. The number of aromatic nitrogens is 2. The molecule has 0 atom stereocenters. The van der Waals surface area contributed by atoms with E-state index in [2.05, 4.69) is 24.0 Å². The van der Waals surface area contributed by atoms with Crippen molar-refractivity contribution in [3.63, 3.8) is 0 Å². The van der Waals surface area contributed by atoms with E-state index in [9.17, 15) is 4.79 Å². The predicted octanol–water partition coefficient (Wildman–Crippen LogP) is 2.16. The summed E-state index contributed by atoms with van der Waals surface area (Å²) in [5.41, 5.74) is 1.59. The Morgan fingerprint density at radius 2 is 2.06 bits per heavy atom. The molecule has 16 heavy (non-hydrogen) atoms. The molecule has 0 bridgehead atoms. The zero-order valence-corrected chi connectivity index (χ0v) is 9.99. The van der Waals surface area contributed by atoms with Gasteiger partial charge in [0.15, 0.2) is 0 Å². The monoisotopic (exact) mass is 221 g/mol. The third-order valence-electron chi connectivity index (χ3n) is 3.08. The maximum Gasteiger partial charge on any atom is 0.274 e. The van der Waals surface area contributed by atoms with Gasteiger partial charge in [-0.15, -0.1) is 0 Å². The highest BCUT2D eigenvalue weighted by atomic mass is 16.2. The Labute approximate surface area is 96.0 Å². The Morgan fingerprint density at radius 1 is 1.38 bits per heavy atom. The summed E-state index contributed by atoms with van der Waals surface area (Å²) in [4.78, 5) is 14.0. The largest absolute Gasteiger partial charge is 0.337 e. The molecular weight excluding hydrogens is 202 g/mol. The van der Waals surface area contributed by atoms with Gasteiger partial charge in [-0.1, -0.05) is 13.8 Å². The third kappa shape index (κ3) is 2.26. The van der Waals surface area contributed by atoms with E-state index in [1.54, 1.807) is 0 Å². The van der Waals surface area contributed by atoms with Gasteiger partial charge in [-0.2, -0.15) is 5.10 Å². The van der Waals surface area contributed by atoms with Gasteiger partial charge in [0.2, 0.25) is 0 Å². The van der Waals surface area contributed by atoms with E-state index in [1.165, 1.54) is 6.42 Å². The van der Waals surface area contributed by atoms with Gasteiger partial charge >= 0.3 is 0 Å². The molecule has 4 nitrogen and oxygen atoms in total. The van der Waals surface area contributed by atoms with Gasteiger partial charge in [-0.05, 0) is 31.2 Å². The molecule has 2 rings (SSSR count). The molecule has 4 heteroatoms. The number of carbonyl (C=O) groups is 1. The van der Waals surface area contributed by atoms with Crippen LogP contribution in [0.4, 0.5) is 0 Å². The highest BCUT2D eigenvalue weighted by Crippen LogP contribution is 2.15. The highest BCUT2D eigenvalue weighted by Gasteiger charge is 2.20. The summed E-state index contributed by atoms with van der Waals surface area (Å²) < 4.78 is 0. The molecule has 1 saturated heterocycles. The quantitative estimate of drug-likeness (QED) is 0.832. The van der Waals surface area contributed by atoms with Gasteiger partial charge < -0.3 is 4.90 Å². The molecule has 0 aliphatic carbocycles. The first-order chi connectivity index (χ1) is 7.68. The first-order valence-corrected chi connectivity index (χ1v) is 6.03. The number of hydrogen-bond donors (Lipinski definition) is 1. The molecule has 1 aliphatic rings. The molecule has 1 amide bonds. The van der Waals surface area contributed by atoms with Crippen LogP contribution in [0.25, 0.3) is 0 Å². The lowest BCUT2D eigenvalue weighted by Crippen LogP contribution is -2.35. The minimum Gasteiger partial charge on any atom is -0.337 e. The number of nitrogens with one attached hydrogen (secondary N) is 1. The summed E-state index contributed by atoms with van der Waals surface area (Å²) in [6.07, 6.45) is 3.47. The fraction of sp³-hybridized carbons (Fsp3) is 0.667. The van der Waals surface area contributed by atoms with Gasteiger partial charge in [0.1, 0.15) is 5.69 Å². The van der Waals surface area contributed by atoms with E-state index in [4.69, 9.17) is 0 Å². The topological polar surface area (TPSA) is 49.0 Å². The average molecular weight is 221 g/mol. The Morgan fingerprint density at radius 3 is 2.62 bits per heavy atom. The van der Waals surface area contributed by atoms with E-state index < -0.39 is 0 Å². The molecule has 88 valence electrons. The molecule has 1 aromatic heterocycles. The maximum atomic E-state index is 12.1. The minimum atomic E-state index is 0.0721. The highest BCUT2D eigenvalue weighted by molar-refractivity contribution is 5.92. The SMILES string of the molecule is CC(C)c1cc(C(=O)N2CCCCC2)n[nH]1. The standard InChI is InChI=1S/C12H19N3O/c1-9(2)10-8-11(14-13-10)12(16)15-6-4-3-5-7-15/h8-9H,3-7H2,1-2H3,(H,13,14). The molecule has 1 fully saturated rings. The number of aromatic amines is 1. The number of rotatable bonds is 2. The molecule has 0 saturated carbocycles. The summed E-state index contributed by atoms with van der Waals surface area (Å²) in [7, 11) is 0. The first-order valence-electron chi connectivity index (χ1n) is 6.03. The van der Waals surface area contributed by atoms with E-state index >= 15 is 0 Å². The van der Waals surface area contributed by atoms with Crippen LogP contribution in [-0.4, -0.2) is 34.1 Å². The molecule has 0 aromatic carbocycles. The van der Waals surface area contributed by atoms with E-state index in [-0.39, 0.29) is 5.91 Å². The van der Waals surface area contributed by atoms with Crippen LogP contribution in [0.2, 0.25) is 0 Å². The van der Waals surface area contributed by atoms with Crippen molar-refractivity contribution >= 4 is 5.91 Å². The van der Waals surface area contributed by atoms with Crippen LogP contribution in [0, 0.1) is 0 Å². The van der Waals surface area contributed by atoms with Crippen molar-refractivity contribution in [3.05, 3.63) is 17.5 Å². The Bertz CT molecular complexity index is 364. The number of nitrogens with zero attached hydrogens (tertiary/aromatic N) is 2. The fourth-order valence-corrected chi connectivity index (χ4v) is 2.00.